The van der Waals surface area contributed by atoms with E-state index in [-0.39, 0.29) is 25.1 Å². The lowest BCUT2D eigenvalue weighted by Crippen LogP contribution is -2.51. The molecule has 7 aliphatic rings. The molecule has 0 heterocycles. The number of hydrogen-bond acceptors (Lipinski definition) is 15. The Hall–Kier alpha value is -6.79. The van der Waals surface area contributed by atoms with Crippen LogP contribution in [-0.2, 0) is 77.5 Å². The highest BCUT2D eigenvalue weighted by Gasteiger charge is 2.51. The Kier molecular flexibility index (Phi) is 60.4. The number of carbonyl (C=O) groups excluding carboxylic acids is 1. The van der Waals surface area contributed by atoms with Gasteiger partial charge in [0.05, 0.1) is 68.9 Å². The fraction of sp³-hybridized carbons (Fsp3) is 0.648. The Balaban J connectivity index is 0.000000300. The molecule has 4 bridgehead atoms. The standard InChI is InChI=1S/C16H24O2.C16H26O2.C12H12F6O2.C12H20O.C11H20O3.C10H14O2.C10H14O.C9H18O.C9H12O/c1-2-17-12-13-18-16-10-8-15(9-11-16)14-6-4-3-5-7-14;1-6-17-10-11-18-16-14(12(2)3)8-7-9-15(16)13(4)5;1-2-19-6-7-20-10-8(11(13,14)15)4-3-5-9(10)12(16,17)18;1-2-13-12-6-9-3-10(7-12)5-11(4-9)8-12;1-2-13-8-9-14-11(12)10-6-4-3-5-7-10;1-2-11-8-9-12-10-6-4-3-5-7-10;1-2-11-9-8-10-6-4-3-5-7-10;2*1-2-10-8-9-6-4-3-5-7-9/h8-11,14H,2-7,12-13H2,1H3;7-9,12-13H,6,10-11H2,1-5H3;3-5H,2,6-7H2,1H3;9-11H,2-8H2,1H3;10H,2-9H2,1H3;3-7H,2,8-9H2,1H3;3-7H,2,8-9H2,1H3;9H,2-8H2,1H3;3-7H,2,8H2,1H3. The van der Waals surface area contributed by atoms with Gasteiger partial charge in [0, 0.05) is 66.1 Å². The SMILES string of the molecule is CCOC12CC3CC(CC(C3)C1)C2.CCOCC1CCCCC1.CCOCCOC(=O)C1CCCCC1.CCOCCOc1c(C(C)C)cccc1C(C)C.CCOCCOc1c(C(F)(F)F)cccc1C(F)(F)F.CCOCCOc1ccc(C2CCCCC2)cc1.CCOCCOc1ccccc1.CCOCCc1ccccc1.CCOCc1ccccc1. The molecular formula is C105H160F6O15. The van der Waals surface area contributed by atoms with Gasteiger partial charge in [0.1, 0.15) is 56.0 Å². The van der Waals surface area contributed by atoms with Crippen molar-refractivity contribution in [3.05, 3.63) is 191 Å². The Morgan fingerprint density at radius 2 is 0.746 bits per heavy atom. The van der Waals surface area contributed by atoms with Crippen molar-refractivity contribution in [2.24, 2.45) is 29.6 Å². The van der Waals surface area contributed by atoms with E-state index in [0.29, 0.717) is 95.1 Å². The summed E-state index contributed by atoms with van der Waals surface area (Å²) in [5, 5.41) is 0. The smallest absolute Gasteiger partial charge is 0.419 e. The fourth-order valence-corrected chi connectivity index (χ4v) is 16.7. The maximum atomic E-state index is 12.7. The summed E-state index contributed by atoms with van der Waals surface area (Å²) < 4.78 is 151. The van der Waals surface area contributed by atoms with Gasteiger partial charge in [-0.2, -0.15) is 26.3 Å². The number of halogens is 6. The first kappa shape index (κ1) is 112. The van der Waals surface area contributed by atoms with Crippen LogP contribution in [0.15, 0.2) is 152 Å². The molecule has 0 N–H and O–H groups in total. The first-order valence-corrected chi connectivity index (χ1v) is 47.6. The third-order valence-electron chi connectivity index (χ3n) is 22.6. The van der Waals surface area contributed by atoms with Gasteiger partial charge in [-0.1, -0.05) is 201 Å². The first-order chi connectivity index (χ1) is 61.0. The van der Waals surface area contributed by atoms with E-state index in [1.54, 1.807) is 6.92 Å². The highest BCUT2D eigenvalue weighted by molar-refractivity contribution is 5.72. The topological polar surface area (TPSA) is 146 Å². The van der Waals surface area contributed by atoms with E-state index < -0.39 is 35.8 Å². The van der Waals surface area contributed by atoms with Gasteiger partial charge in [0.2, 0.25) is 0 Å². The number of benzene rings is 6. The van der Waals surface area contributed by atoms with Gasteiger partial charge in [-0.05, 0) is 251 Å². The molecule has 0 atom stereocenters. The summed E-state index contributed by atoms with van der Waals surface area (Å²) in [7, 11) is 0. The van der Waals surface area contributed by atoms with E-state index in [0.717, 1.165) is 132 Å². The molecule has 7 fully saturated rings. The zero-order chi connectivity index (χ0) is 91.7. The second-order valence-electron chi connectivity index (χ2n) is 33.1. The largest absolute Gasteiger partial charge is 0.491 e. The molecule has 13 rings (SSSR count). The van der Waals surface area contributed by atoms with Gasteiger partial charge in [0.25, 0.3) is 0 Å². The molecule has 126 heavy (non-hydrogen) atoms. The Labute approximate surface area is 755 Å². The maximum absolute atomic E-state index is 12.7. The van der Waals surface area contributed by atoms with Gasteiger partial charge < -0.3 is 66.3 Å². The summed E-state index contributed by atoms with van der Waals surface area (Å²) in [6.07, 6.45) is 19.5. The molecule has 6 aromatic rings. The van der Waals surface area contributed by atoms with Crippen LogP contribution in [-0.4, -0.2) is 150 Å². The van der Waals surface area contributed by atoms with Crippen LogP contribution in [0.25, 0.3) is 0 Å². The van der Waals surface area contributed by atoms with Crippen LogP contribution in [0.4, 0.5) is 26.3 Å². The molecule has 21 heteroatoms. The Morgan fingerprint density at radius 3 is 1.17 bits per heavy atom. The quantitative estimate of drug-likeness (QED) is 0.0204. The first-order valence-electron chi connectivity index (χ1n) is 47.6. The number of esters is 1. The highest BCUT2D eigenvalue weighted by atomic mass is 19.4. The van der Waals surface area contributed by atoms with E-state index in [1.165, 1.54) is 150 Å². The van der Waals surface area contributed by atoms with Crippen LogP contribution in [0, 0.1) is 29.6 Å². The molecule has 0 radical (unpaired) electrons. The van der Waals surface area contributed by atoms with Crippen molar-refractivity contribution in [1.82, 2.24) is 0 Å². The van der Waals surface area contributed by atoms with E-state index in [2.05, 4.69) is 125 Å². The summed E-state index contributed by atoms with van der Waals surface area (Å²) in [4.78, 5) is 11.5. The summed E-state index contributed by atoms with van der Waals surface area (Å²) in [5.41, 5.74) is 4.09. The fourth-order valence-electron chi connectivity index (χ4n) is 16.7. The molecule has 0 saturated heterocycles. The minimum atomic E-state index is -4.93. The molecule has 0 amide bonds. The van der Waals surface area contributed by atoms with E-state index in [9.17, 15) is 31.1 Å². The van der Waals surface area contributed by atoms with Gasteiger partial charge in [0.15, 0.2) is 0 Å². The molecule has 0 aliphatic heterocycles. The summed E-state index contributed by atoms with van der Waals surface area (Å²) in [6, 6.07) is 47.2. The Morgan fingerprint density at radius 1 is 0.365 bits per heavy atom. The third kappa shape index (κ3) is 48.2. The molecular weight excluding hydrogens is 1620 g/mol. The second kappa shape index (κ2) is 68.3. The summed E-state index contributed by atoms with van der Waals surface area (Å²) >= 11 is 0. The van der Waals surface area contributed by atoms with Crippen LogP contribution < -0.4 is 18.9 Å². The molecule has 6 aromatic carbocycles. The van der Waals surface area contributed by atoms with Crippen molar-refractivity contribution in [3.8, 4) is 23.0 Å². The van der Waals surface area contributed by atoms with Crippen molar-refractivity contribution in [2.75, 3.05) is 139 Å². The van der Waals surface area contributed by atoms with Gasteiger partial charge in [-0.15, -0.1) is 0 Å². The monoisotopic (exact) mass is 1780 g/mol. The van der Waals surface area contributed by atoms with Gasteiger partial charge in [-0.25, -0.2) is 0 Å². The predicted octanol–water partition coefficient (Wildman–Crippen LogP) is 27.0. The zero-order valence-corrected chi connectivity index (χ0v) is 79.1. The lowest BCUT2D eigenvalue weighted by atomic mass is 9.54. The van der Waals surface area contributed by atoms with Crippen molar-refractivity contribution in [3.63, 3.8) is 0 Å². The van der Waals surface area contributed by atoms with Gasteiger partial charge in [-0.3, -0.25) is 4.79 Å². The van der Waals surface area contributed by atoms with E-state index >= 15 is 0 Å². The summed E-state index contributed by atoms with van der Waals surface area (Å²) in [6.45, 7) is 40.1. The normalized spacial score (nSPS) is 17.7. The highest BCUT2D eigenvalue weighted by Crippen LogP contribution is 2.57. The van der Waals surface area contributed by atoms with Crippen molar-refractivity contribution >= 4 is 5.97 Å². The number of rotatable bonds is 40. The molecule has 15 nitrogen and oxygen atoms in total. The Bertz CT molecular complexity index is 3480. The number of para-hydroxylation sites is 3. The van der Waals surface area contributed by atoms with Crippen LogP contribution in [0.3, 0.4) is 0 Å². The van der Waals surface area contributed by atoms with Crippen molar-refractivity contribution in [2.45, 2.75) is 274 Å². The summed E-state index contributed by atoms with van der Waals surface area (Å²) in [5.74, 6) is 7.52. The van der Waals surface area contributed by atoms with E-state index in [1.807, 2.05) is 96.1 Å². The van der Waals surface area contributed by atoms with Crippen LogP contribution in [0.2, 0.25) is 0 Å². The number of carbonyl (C=O) groups is 1. The molecule has 0 spiro atoms. The maximum Gasteiger partial charge on any atom is 0.419 e. The minimum absolute atomic E-state index is 0.0237. The number of ether oxygens (including phenoxy) is 14. The van der Waals surface area contributed by atoms with Crippen LogP contribution in [0.5, 0.6) is 23.0 Å². The zero-order valence-electron chi connectivity index (χ0n) is 79.1. The number of alkyl halides is 6. The minimum Gasteiger partial charge on any atom is -0.491 e. The average Bonchev–Trinajstić information content (AvgIpc) is 0.753. The average molecular weight is 1780 g/mol. The lowest BCUT2D eigenvalue weighted by molar-refractivity contribution is -0.159. The molecule has 0 unspecified atom stereocenters. The van der Waals surface area contributed by atoms with Gasteiger partial charge >= 0.3 is 18.3 Å². The van der Waals surface area contributed by atoms with Crippen molar-refractivity contribution < 1.29 is 97.5 Å². The molecule has 7 aliphatic carbocycles. The molecule has 7 saturated carbocycles. The lowest BCUT2D eigenvalue weighted by Gasteiger charge is -2.56. The molecule has 0 aromatic heterocycles. The van der Waals surface area contributed by atoms with Crippen molar-refractivity contribution in [1.29, 1.82) is 0 Å². The molecule has 712 valence electrons. The van der Waals surface area contributed by atoms with Crippen LogP contribution in [0.1, 0.15) is 282 Å². The second-order valence-corrected chi connectivity index (χ2v) is 33.1. The van der Waals surface area contributed by atoms with E-state index in [4.69, 9.17) is 61.6 Å². The third-order valence-corrected chi connectivity index (χ3v) is 22.6. The number of hydrogen-bond donors (Lipinski definition) is 0. The predicted molar refractivity (Wildman–Crippen MR) is 496 cm³/mol. The van der Waals surface area contributed by atoms with Crippen LogP contribution >= 0.6 is 0 Å².